The van der Waals surface area contributed by atoms with Crippen molar-refractivity contribution in [1.82, 2.24) is 5.32 Å². The molecule has 2 aromatic rings. The molecule has 1 unspecified atom stereocenters. The lowest BCUT2D eigenvalue weighted by molar-refractivity contribution is -0.118. The van der Waals surface area contributed by atoms with Crippen LogP contribution in [0.15, 0.2) is 30.3 Å². The summed E-state index contributed by atoms with van der Waals surface area (Å²) in [5.41, 5.74) is 3.58. The van der Waals surface area contributed by atoms with E-state index in [1.54, 1.807) is 4.90 Å². The van der Waals surface area contributed by atoms with E-state index in [1.807, 2.05) is 25.4 Å². The zero-order valence-corrected chi connectivity index (χ0v) is 13.5. The third-order valence-electron chi connectivity index (χ3n) is 4.11. The number of hydrogen-bond acceptors (Lipinski definition) is 3. The molecule has 1 N–H and O–H groups in total. The molecule has 0 aliphatic carbocycles. The van der Waals surface area contributed by atoms with Crippen molar-refractivity contribution in [2.45, 2.75) is 25.8 Å². The molecule has 0 spiro atoms. The Hall–Kier alpha value is -1.65. The molecule has 0 saturated heterocycles. The first-order chi connectivity index (χ1) is 10.1. The highest BCUT2D eigenvalue weighted by Crippen LogP contribution is 2.33. The largest absolute Gasteiger partial charge is 0.315 e. The Kier molecular flexibility index (Phi) is 3.83. The summed E-state index contributed by atoms with van der Waals surface area (Å²) in [6.45, 7) is 2.13. The van der Waals surface area contributed by atoms with Crippen LogP contribution < -0.4 is 10.2 Å². The van der Waals surface area contributed by atoms with E-state index < -0.39 is 0 Å². The minimum Gasteiger partial charge on any atom is -0.315 e. The minimum atomic E-state index is 0.203. The van der Waals surface area contributed by atoms with Crippen LogP contribution in [0.3, 0.4) is 0 Å². The van der Waals surface area contributed by atoms with Crippen LogP contribution in [0.2, 0.25) is 0 Å². The van der Waals surface area contributed by atoms with Crippen LogP contribution in [0.4, 0.5) is 5.69 Å². The molecule has 0 saturated carbocycles. The van der Waals surface area contributed by atoms with E-state index in [0.717, 1.165) is 12.1 Å². The molecular formula is C17H20N2OS. The predicted molar refractivity (Wildman–Crippen MR) is 88.1 cm³/mol. The summed E-state index contributed by atoms with van der Waals surface area (Å²) in [6.07, 6.45) is 1.45. The number of nitrogens with one attached hydrogen (secondary N) is 1. The highest BCUT2D eigenvalue weighted by molar-refractivity contribution is 7.12. The molecule has 3 nitrogen and oxygen atoms in total. The van der Waals surface area contributed by atoms with E-state index in [9.17, 15) is 4.79 Å². The van der Waals surface area contributed by atoms with Crippen molar-refractivity contribution in [1.29, 1.82) is 0 Å². The lowest BCUT2D eigenvalue weighted by Gasteiger charge is -2.27. The van der Waals surface area contributed by atoms with Gasteiger partial charge in [0.1, 0.15) is 0 Å². The second kappa shape index (κ2) is 5.62. The van der Waals surface area contributed by atoms with Gasteiger partial charge in [-0.25, -0.2) is 0 Å². The topological polar surface area (TPSA) is 32.3 Å². The molecule has 1 aliphatic heterocycles. The Balaban J connectivity index is 1.98. The number of aryl methyl sites for hydroxylation is 2. The maximum atomic E-state index is 11.8. The summed E-state index contributed by atoms with van der Waals surface area (Å²) in [4.78, 5) is 16.2. The number of hydrogen-bond donors (Lipinski definition) is 1. The lowest BCUT2D eigenvalue weighted by atomic mass is 9.96. The number of nitrogens with zero attached hydrogens (tertiary/aromatic N) is 1. The average molecular weight is 300 g/mol. The summed E-state index contributed by atoms with van der Waals surface area (Å²) in [5.74, 6) is 0.203. The highest BCUT2D eigenvalue weighted by atomic mass is 32.1. The smallest absolute Gasteiger partial charge is 0.227 e. The van der Waals surface area contributed by atoms with Crippen LogP contribution in [0.1, 0.15) is 33.3 Å². The number of carbonyl (C=O) groups excluding carboxylic acids is 1. The monoisotopic (exact) mass is 300 g/mol. The zero-order chi connectivity index (χ0) is 15.0. The van der Waals surface area contributed by atoms with E-state index in [-0.39, 0.29) is 11.9 Å². The first-order valence-corrected chi connectivity index (χ1v) is 8.05. The fraction of sp³-hybridized carbons (Fsp3) is 0.353. The first kappa shape index (κ1) is 14.3. The number of thiophene rings is 1. The number of anilines is 1. The molecule has 3 rings (SSSR count). The second-order valence-corrected chi connectivity index (χ2v) is 6.83. The SMILES string of the molecule is CNC(c1ccc2c(c1)CCC(=O)N2C)c1ccc(C)s1. The van der Waals surface area contributed by atoms with Gasteiger partial charge in [0.15, 0.2) is 0 Å². The number of amides is 1. The molecule has 1 aromatic heterocycles. The maximum absolute atomic E-state index is 11.8. The molecule has 1 aliphatic rings. The first-order valence-electron chi connectivity index (χ1n) is 7.23. The van der Waals surface area contributed by atoms with Gasteiger partial charge in [0, 0.05) is 28.9 Å². The van der Waals surface area contributed by atoms with Crippen molar-refractivity contribution >= 4 is 22.9 Å². The number of carbonyl (C=O) groups is 1. The molecule has 0 fully saturated rings. The van der Waals surface area contributed by atoms with E-state index in [1.165, 1.54) is 20.9 Å². The third kappa shape index (κ3) is 2.61. The summed E-state index contributed by atoms with van der Waals surface area (Å²) in [7, 11) is 3.85. The molecule has 1 aromatic carbocycles. The Morgan fingerprint density at radius 1 is 1.24 bits per heavy atom. The fourth-order valence-corrected chi connectivity index (χ4v) is 3.95. The summed E-state index contributed by atoms with van der Waals surface area (Å²) >= 11 is 1.83. The quantitative estimate of drug-likeness (QED) is 0.943. The van der Waals surface area contributed by atoms with Crippen LogP contribution in [0.25, 0.3) is 0 Å². The molecule has 0 bridgehead atoms. The van der Waals surface area contributed by atoms with Crippen LogP contribution in [0.5, 0.6) is 0 Å². The number of fused-ring (bicyclic) bond motifs is 1. The zero-order valence-electron chi connectivity index (χ0n) is 12.6. The van der Waals surface area contributed by atoms with Crippen LogP contribution in [-0.4, -0.2) is 20.0 Å². The molecule has 110 valence electrons. The molecular weight excluding hydrogens is 280 g/mol. The Bertz CT molecular complexity index is 677. The number of benzene rings is 1. The van der Waals surface area contributed by atoms with Crippen molar-refractivity contribution in [3.63, 3.8) is 0 Å². The van der Waals surface area contributed by atoms with Gasteiger partial charge in [0.05, 0.1) is 6.04 Å². The third-order valence-corrected chi connectivity index (χ3v) is 5.18. The molecule has 2 heterocycles. The van der Waals surface area contributed by atoms with Crippen molar-refractivity contribution in [3.8, 4) is 0 Å². The van der Waals surface area contributed by atoms with Gasteiger partial charge in [0.2, 0.25) is 5.91 Å². The summed E-state index contributed by atoms with van der Waals surface area (Å²) in [5, 5.41) is 3.40. The Morgan fingerprint density at radius 3 is 2.71 bits per heavy atom. The van der Waals surface area contributed by atoms with Gasteiger partial charge in [0.25, 0.3) is 0 Å². The van der Waals surface area contributed by atoms with Crippen molar-refractivity contribution in [2.75, 3.05) is 19.0 Å². The summed E-state index contributed by atoms with van der Waals surface area (Å²) in [6, 6.07) is 11.0. The standard InChI is InChI=1S/C17H20N2OS/c1-11-4-8-15(21-11)17(18-2)13-5-7-14-12(10-13)6-9-16(20)19(14)3/h4-5,7-8,10,17-18H,6,9H2,1-3H3. The van der Waals surface area contributed by atoms with Crippen LogP contribution in [0, 0.1) is 6.92 Å². The van der Waals surface area contributed by atoms with E-state index in [4.69, 9.17) is 0 Å². The highest BCUT2D eigenvalue weighted by Gasteiger charge is 2.22. The molecule has 0 radical (unpaired) electrons. The molecule has 4 heteroatoms. The van der Waals surface area contributed by atoms with Gasteiger partial charge in [-0.2, -0.15) is 0 Å². The average Bonchev–Trinajstić information content (AvgIpc) is 2.90. The van der Waals surface area contributed by atoms with Crippen molar-refractivity contribution in [2.24, 2.45) is 0 Å². The van der Waals surface area contributed by atoms with Crippen LogP contribution in [-0.2, 0) is 11.2 Å². The molecule has 1 amide bonds. The molecule has 1 atom stereocenters. The van der Waals surface area contributed by atoms with Gasteiger partial charge in [-0.3, -0.25) is 4.79 Å². The van der Waals surface area contributed by atoms with Gasteiger partial charge < -0.3 is 10.2 Å². The van der Waals surface area contributed by atoms with E-state index >= 15 is 0 Å². The Morgan fingerprint density at radius 2 is 2.05 bits per heavy atom. The lowest BCUT2D eigenvalue weighted by Crippen LogP contribution is -2.31. The normalized spacial score (nSPS) is 16.0. The van der Waals surface area contributed by atoms with Crippen molar-refractivity contribution < 1.29 is 4.79 Å². The van der Waals surface area contributed by atoms with Gasteiger partial charge in [-0.05, 0) is 49.7 Å². The molecule has 21 heavy (non-hydrogen) atoms. The fourth-order valence-electron chi connectivity index (χ4n) is 2.94. The van der Waals surface area contributed by atoms with Gasteiger partial charge >= 0.3 is 0 Å². The van der Waals surface area contributed by atoms with Crippen molar-refractivity contribution in [3.05, 3.63) is 51.2 Å². The van der Waals surface area contributed by atoms with Crippen LogP contribution >= 0.6 is 11.3 Å². The van der Waals surface area contributed by atoms with E-state index in [2.05, 4.69) is 42.6 Å². The van der Waals surface area contributed by atoms with Gasteiger partial charge in [-0.15, -0.1) is 11.3 Å². The summed E-state index contributed by atoms with van der Waals surface area (Å²) < 4.78 is 0. The second-order valence-electron chi connectivity index (χ2n) is 5.51. The van der Waals surface area contributed by atoms with E-state index in [0.29, 0.717) is 6.42 Å². The number of rotatable bonds is 3. The maximum Gasteiger partial charge on any atom is 0.227 e. The van der Waals surface area contributed by atoms with Gasteiger partial charge in [-0.1, -0.05) is 12.1 Å². The Labute approximate surface area is 129 Å². The predicted octanol–water partition coefficient (Wildman–Crippen LogP) is 3.27. The minimum absolute atomic E-state index is 0.203.